The van der Waals surface area contributed by atoms with Gasteiger partial charge in [0.2, 0.25) is 0 Å². The maximum Gasteiger partial charge on any atom is 0.313 e. The summed E-state index contributed by atoms with van der Waals surface area (Å²) in [5, 5.41) is 5.50. The Morgan fingerprint density at radius 3 is 2.59 bits per heavy atom. The molecule has 1 atom stereocenters. The second-order valence-electron chi connectivity index (χ2n) is 8.02. The number of rotatable bonds is 5. The number of anilines is 2. The number of amides is 2. The molecule has 154 valence electrons. The molecule has 6 nitrogen and oxygen atoms in total. The molecule has 0 bridgehead atoms. The number of likely N-dealkylation sites (N-methyl/N-ethyl adjacent to an activating group) is 2. The second-order valence-corrected chi connectivity index (χ2v) is 8.02. The van der Waals surface area contributed by atoms with Crippen molar-refractivity contribution in [3.05, 3.63) is 58.7 Å². The molecular formula is C23H30N4O2. The summed E-state index contributed by atoms with van der Waals surface area (Å²) in [5.74, 6) is -1.27. The molecular weight excluding hydrogens is 364 g/mol. The molecule has 6 heteroatoms. The van der Waals surface area contributed by atoms with E-state index in [1.54, 1.807) is 0 Å². The van der Waals surface area contributed by atoms with Crippen LogP contribution in [0.25, 0.3) is 0 Å². The maximum absolute atomic E-state index is 12.4. The molecule has 1 aliphatic rings. The number of nitrogens with zero attached hydrogens (tertiary/aromatic N) is 2. The van der Waals surface area contributed by atoms with Crippen molar-refractivity contribution >= 4 is 23.2 Å². The first kappa shape index (κ1) is 20.9. The monoisotopic (exact) mass is 394 g/mol. The Balaban J connectivity index is 1.65. The number of hydrogen-bond donors (Lipinski definition) is 2. The van der Waals surface area contributed by atoms with E-state index in [0.717, 1.165) is 29.7 Å². The van der Waals surface area contributed by atoms with Crippen molar-refractivity contribution in [2.45, 2.75) is 26.3 Å². The number of benzene rings is 2. The van der Waals surface area contributed by atoms with Crippen molar-refractivity contribution in [2.75, 3.05) is 44.4 Å². The Labute approximate surface area is 172 Å². The lowest BCUT2D eigenvalue weighted by atomic mass is 10.0. The topological polar surface area (TPSA) is 64.7 Å². The van der Waals surface area contributed by atoms with Gasteiger partial charge in [-0.2, -0.15) is 0 Å². The Morgan fingerprint density at radius 1 is 1.10 bits per heavy atom. The first-order chi connectivity index (χ1) is 13.8. The third-order valence-corrected chi connectivity index (χ3v) is 5.54. The minimum absolute atomic E-state index is 0.0105. The van der Waals surface area contributed by atoms with Crippen LogP contribution in [0, 0.1) is 13.8 Å². The molecule has 2 amide bonds. The van der Waals surface area contributed by atoms with E-state index in [0.29, 0.717) is 12.2 Å². The van der Waals surface area contributed by atoms with Crippen LogP contribution in [0.15, 0.2) is 36.4 Å². The highest BCUT2D eigenvalue weighted by Crippen LogP contribution is 2.30. The van der Waals surface area contributed by atoms with Crippen LogP contribution in [0.3, 0.4) is 0 Å². The molecule has 0 aliphatic carbocycles. The van der Waals surface area contributed by atoms with Gasteiger partial charge in [0, 0.05) is 31.5 Å². The number of fused-ring (bicyclic) bond motifs is 1. The molecule has 0 aromatic heterocycles. The molecule has 2 aromatic carbocycles. The summed E-state index contributed by atoms with van der Waals surface area (Å²) in [6.07, 6.45) is 1.03. The van der Waals surface area contributed by atoms with Crippen LogP contribution in [0.5, 0.6) is 0 Å². The summed E-state index contributed by atoms with van der Waals surface area (Å²) in [5.41, 5.74) is 6.35. The highest BCUT2D eigenvalue weighted by atomic mass is 16.2. The van der Waals surface area contributed by atoms with Gasteiger partial charge in [0.15, 0.2) is 0 Å². The van der Waals surface area contributed by atoms with Gasteiger partial charge < -0.3 is 20.4 Å². The lowest BCUT2D eigenvalue weighted by Gasteiger charge is -2.26. The highest BCUT2D eigenvalue weighted by Gasteiger charge is 2.22. The Kier molecular flexibility index (Phi) is 6.23. The number of carbonyl (C=O) groups excluding carboxylic acids is 2. The Morgan fingerprint density at radius 2 is 1.86 bits per heavy atom. The summed E-state index contributed by atoms with van der Waals surface area (Å²) in [6, 6.07) is 12.2. The SMILES string of the molecule is Cc1ccc(C)c(NC(=O)C(=O)NC[C@@H](c2ccc3c(c2)CCN3C)N(C)C)c1. The standard InChI is InChI=1S/C23H30N4O2/c1-15-6-7-16(2)19(12-15)25-23(29)22(28)24-14-21(26(3)4)17-8-9-20-18(13-17)10-11-27(20)5/h6-9,12-13,21H,10-11,14H2,1-5H3,(H,24,28)(H,25,29)/t21-/m0/s1. The molecule has 0 spiro atoms. The fourth-order valence-corrected chi connectivity index (χ4v) is 3.71. The number of aryl methyl sites for hydroxylation is 2. The van der Waals surface area contributed by atoms with Crippen molar-refractivity contribution < 1.29 is 9.59 Å². The van der Waals surface area contributed by atoms with Crippen LogP contribution in [-0.4, -0.2) is 50.9 Å². The second kappa shape index (κ2) is 8.66. The van der Waals surface area contributed by atoms with Crippen molar-refractivity contribution in [2.24, 2.45) is 0 Å². The van der Waals surface area contributed by atoms with Crippen LogP contribution in [0.1, 0.15) is 28.3 Å². The predicted octanol–water partition coefficient (Wildman–Crippen LogP) is 2.65. The van der Waals surface area contributed by atoms with Gasteiger partial charge in [-0.05, 0) is 68.8 Å². The van der Waals surface area contributed by atoms with Gasteiger partial charge >= 0.3 is 11.8 Å². The summed E-state index contributed by atoms with van der Waals surface area (Å²) in [7, 11) is 6.06. The third-order valence-electron chi connectivity index (χ3n) is 5.54. The molecule has 1 aliphatic heterocycles. The Hall–Kier alpha value is -2.86. The summed E-state index contributed by atoms with van der Waals surface area (Å²) in [6.45, 7) is 5.24. The molecule has 1 heterocycles. The van der Waals surface area contributed by atoms with Crippen LogP contribution in [0.4, 0.5) is 11.4 Å². The lowest BCUT2D eigenvalue weighted by Crippen LogP contribution is -2.40. The van der Waals surface area contributed by atoms with Gasteiger partial charge in [0.05, 0.1) is 6.04 Å². The molecule has 0 unspecified atom stereocenters. The zero-order valence-electron chi connectivity index (χ0n) is 17.9. The average Bonchev–Trinajstić information content (AvgIpc) is 3.05. The summed E-state index contributed by atoms with van der Waals surface area (Å²) < 4.78 is 0. The molecule has 0 fully saturated rings. The normalized spacial score (nSPS) is 13.9. The van der Waals surface area contributed by atoms with Crippen LogP contribution >= 0.6 is 0 Å². The molecule has 2 aromatic rings. The number of hydrogen-bond acceptors (Lipinski definition) is 4. The molecule has 0 saturated heterocycles. The largest absolute Gasteiger partial charge is 0.374 e. The smallest absolute Gasteiger partial charge is 0.313 e. The van der Waals surface area contributed by atoms with E-state index in [9.17, 15) is 9.59 Å². The zero-order chi connectivity index (χ0) is 21.1. The van der Waals surface area contributed by atoms with E-state index in [4.69, 9.17) is 0 Å². The minimum atomic E-state index is -0.646. The van der Waals surface area contributed by atoms with Gasteiger partial charge in [0.1, 0.15) is 0 Å². The van der Waals surface area contributed by atoms with E-state index in [2.05, 4.69) is 45.7 Å². The van der Waals surface area contributed by atoms with Crippen molar-refractivity contribution in [1.29, 1.82) is 0 Å². The van der Waals surface area contributed by atoms with Gasteiger partial charge in [0.25, 0.3) is 0 Å². The van der Waals surface area contributed by atoms with E-state index in [1.165, 1.54) is 11.3 Å². The first-order valence-electron chi connectivity index (χ1n) is 9.93. The molecule has 0 radical (unpaired) electrons. The van der Waals surface area contributed by atoms with Gasteiger partial charge in [-0.25, -0.2) is 0 Å². The van der Waals surface area contributed by atoms with E-state index in [1.807, 2.05) is 46.1 Å². The van der Waals surface area contributed by atoms with Crippen molar-refractivity contribution in [3.63, 3.8) is 0 Å². The fourth-order valence-electron chi connectivity index (χ4n) is 3.71. The third kappa shape index (κ3) is 4.77. The van der Waals surface area contributed by atoms with Crippen molar-refractivity contribution in [3.8, 4) is 0 Å². The lowest BCUT2D eigenvalue weighted by molar-refractivity contribution is -0.136. The fraction of sp³-hybridized carbons (Fsp3) is 0.391. The average molecular weight is 395 g/mol. The van der Waals surface area contributed by atoms with Crippen molar-refractivity contribution in [1.82, 2.24) is 10.2 Å². The summed E-state index contributed by atoms with van der Waals surface area (Å²) >= 11 is 0. The van der Waals surface area contributed by atoms with Crippen LogP contribution in [-0.2, 0) is 16.0 Å². The summed E-state index contributed by atoms with van der Waals surface area (Å²) in [4.78, 5) is 29.0. The van der Waals surface area contributed by atoms with Gasteiger partial charge in [-0.3, -0.25) is 9.59 Å². The number of nitrogens with one attached hydrogen (secondary N) is 2. The first-order valence-corrected chi connectivity index (χ1v) is 9.93. The minimum Gasteiger partial charge on any atom is -0.374 e. The maximum atomic E-state index is 12.4. The van der Waals surface area contributed by atoms with E-state index < -0.39 is 11.8 Å². The quantitative estimate of drug-likeness (QED) is 0.766. The molecule has 2 N–H and O–H groups in total. The Bertz CT molecular complexity index is 923. The van der Waals surface area contributed by atoms with Gasteiger partial charge in [-0.15, -0.1) is 0 Å². The number of carbonyl (C=O) groups is 2. The highest BCUT2D eigenvalue weighted by molar-refractivity contribution is 6.39. The van der Waals surface area contributed by atoms with Crippen LogP contribution < -0.4 is 15.5 Å². The molecule has 3 rings (SSSR count). The van der Waals surface area contributed by atoms with Crippen LogP contribution in [0.2, 0.25) is 0 Å². The van der Waals surface area contributed by atoms with E-state index >= 15 is 0 Å². The van der Waals surface area contributed by atoms with Gasteiger partial charge in [-0.1, -0.05) is 24.3 Å². The molecule has 29 heavy (non-hydrogen) atoms. The van der Waals surface area contributed by atoms with E-state index in [-0.39, 0.29) is 6.04 Å². The predicted molar refractivity (Wildman–Crippen MR) is 117 cm³/mol. The zero-order valence-corrected chi connectivity index (χ0v) is 17.9. The molecule has 0 saturated carbocycles.